The number of carbonyl (C=O) groups excluding carboxylic acids is 2. The van der Waals surface area contributed by atoms with Gasteiger partial charge in [-0.1, -0.05) is 25.7 Å². The van der Waals surface area contributed by atoms with Gasteiger partial charge in [-0.15, -0.1) is 0 Å². The molecule has 1 aliphatic heterocycles. The fourth-order valence-electron chi connectivity index (χ4n) is 3.63. The highest BCUT2D eigenvalue weighted by molar-refractivity contribution is 5.93. The molecule has 0 amide bonds. The molecule has 1 fully saturated rings. The predicted molar refractivity (Wildman–Crippen MR) is 130 cm³/mol. The van der Waals surface area contributed by atoms with Gasteiger partial charge in [0.1, 0.15) is 31.1 Å². The van der Waals surface area contributed by atoms with Gasteiger partial charge >= 0.3 is 23.7 Å². The van der Waals surface area contributed by atoms with Gasteiger partial charge in [0.25, 0.3) is 5.56 Å². The van der Waals surface area contributed by atoms with Crippen LogP contribution >= 0.6 is 0 Å². The van der Waals surface area contributed by atoms with E-state index in [2.05, 4.69) is 11.8 Å². The summed E-state index contributed by atoms with van der Waals surface area (Å²) in [6, 6.07) is 2.38. The number of hydrogen-bond donors (Lipinski definition) is 0. The van der Waals surface area contributed by atoms with Crippen molar-refractivity contribution in [1.29, 1.82) is 0 Å². The number of carbonyl (C=O) groups is 2. The fourth-order valence-corrected chi connectivity index (χ4v) is 3.63. The molecule has 1 saturated heterocycles. The highest BCUT2D eigenvalue weighted by atomic mass is 19.4. The molecule has 212 valence electrons. The number of alkyl halides is 3. The second-order valence-electron chi connectivity index (χ2n) is 10.2. The van der Waals surface area contributed by atoms with E-state index in [4.69, 9.17) is 18.6 Å². The maximum atomic E-state index is 13.8. The van der Waals surface area contributed by atoms with Crippen LogP contribution in [-0.2, 0) is 25.2 Å². The zero-order valence-corrected chi connectivity index (χ0v) is 22.0. The molecule has 10 nitrogen and oxygen atoms in total. The Morgan fingerprint density at radius 1 is 1.21 bits per heavy atom. The number of halogens is 3. The molecule has 0 saturated carbocycles. The highest BCUT2D eigenvalue weighted by Gasteiger charge is 2.42. The second-order valence-corrected chi connectivity index (χ2v) is 10.2. The van der Waals surface area contributed by atoms with Crippen molar-refractivity contribution < 1.29 is 41.4 Å². The molecule has 2 aromatic rings. The van der Waals surface area contributed by atoms with Gasteiger partial charge in [0, 0.05) is 18.5 Å². The highest BCUT2D eigenvalue weighted by Crippen LogP contribution is 2.32. The van der Waals surface area contributed by atoms with Gasteiger partial charge in [-0.3, -0.25) is 19.0 Å². The molecule has 0 bridgehead atoms. The Hall–Kier alpha value is -3.63. The largest absolute Gasteiger partial charge is 0.462 e. The summed E-state index contributed by atoms with van der Waals surface area (Å²) in [4.78, 5) is 50.9. The van der Waals surface area contributed by atoms with Crippen LogP contribution in [0.4, 0.5) is 13.2 Å². The van der Waals surface area contributed by atoms with Gasteiger partial charge in [-0.2, -0.15) is 17.7 Å². The summed E-state index contributed by atoms with van der Waals surface area (Å²) in [6.07, 6.45) is -7.20. The van der Waals surface area contributed by atoms with Crippen LogP contribution in [0, 0.1) is 23.2 Å². The molecule has 0 radical (unpaired) electrons. The Kier molecular flexibility index (Phi) is 8.92. The van der Waals surface area contributed by atoms with Crippen LogP contribution in [-0.4, -0.2) is 46.4 Å². The molecule has 0 aliphatic carbocycles. The van der Waals surface area contributed by atoms with Crippen molar-refractivity contribution >= 4 is 11.9 Å². The van der Waals surface area contributed by atoms with E-state index >= 15 is 0 Å². The first-order valence-electron chi connectivity index (χ1n) is 12.1. The Labute approximate surface area is 221 Å². The maximum absolute atomic E-state index is 13.8. The Morgan fingerprint density at radius 3 is 2.46 bits per heavy atom. The molecule has 0 aromatic carbocycles. The van der Waals surface area contributed by atoms with Crippen molar-refractivity contribution in [3.8, 4) is 11.8 Å². The molecular weight excluding hydrogens is 525 g/mol. The van der Waals surface area contributed by atoms with Crippen LogP contribution < -0.4 is 11.2 Å². The van der Waals surface area contributed by atoms with E-state index in [-0.39, 0.29) is 30.1 Å². The summed E-state index contributed by atoms with van der Waals surface area (Å²) in [7, 11) is 0. The zero-order valence-electron chi connectivity index (χ0n) is 22.0. The summed E-state index contributed by atoms with van der Waals surface area (Å²) in [5.41, 5.74) is -5.81. The maximum Gasteiger partial charge on any atom is 0.423 e. The lowest BCUT2D eigenvalue weighted by Crippen LogP contribution is -2.47. The van der Waals surface area contributed by atoms with Gasteiger partial charge in [-0.25, -0.2) is 4.79 Å². The first-order valence-corrected chi connectivity index (χ1v) is 12.1. The third-order valence-corrected chi connectivity index (χ3v) is 5.60. The van der Waals surface area contributed by atoms with E-state index in [1.54, 1.807) is 20.8 Å². The van der Waals surface area contributed by atoms with Crippen molar-refractivity contribution in [2.45, 2.75) is 65.7 Å². The average molecular weight is 555 g/mol. The van der Waals surface area contributed by atoms with E-state index in [1.807, 2.05) is 13.8 Å². The molecule has 0 N–H and O–H groups in total. The molecule has 3 rings (SSSR count). The summed E-state index contributed by atoms with van der Waals surface area (Å²) in [5, 5.41) is 0. The predicted octanol–water partition coefficient (Wildman–Crippen LogP) is 3.23. The van der Waals surface area contributed by atoms with Crippen LogP contribution in [0.25, 0.3) is 0 Å². The van der Waals surface area contributed by atoms with E-state index in [9.17, 15) is 32.3 Å². The lowest BCUT2D eigenvalue weighted by molar-refractivity contribution is -0.160. The molecular formula is C26H29F3N2O8. The summed E-state index contributed by atoms with van der Waals surface area (Å²) >= 11 is 0. The number of ether oxygens (including phenoxy) is 3. The SMILES string of the molecule is CC(C)C#CCO[C@H]1C[C@H](n2cc(C(F)(F)F)c(=O)n(C(=O)c3ccco3)c2=O)O[C@@H]1COC(=O)C(C)(C)C. The summed E-state index contributed by atoms with van der Waals surface area (Å²) < 4.78 is 63.5. The van der Waals surface area contributed by atoms with Crippen molar-refractivity contribution in [3.05, 3.63) is 56.8 Å². The smallest absolute Gasteiger partial charge is 0.423 e. The number of rotatable bonds is 6. The third kappa shape index (κ3) is 7.07. The van der Waals surface area contributed by atoms with Gasteiger partial charge in [0.05, 0.1) is 17.8 Å². The summed E-state index contributed by atoms with van der Waals surface area (Å²) in [5.74, 6) is 3.34. The fraction of sp³-hybridized carbons (Fsp3) is 0.538. The minimum Gasteiger partial charge on any atom is -0.462 e. The molecule has 13 heteroatoms. The minimum atomic E-state index is -5.19. The van der Waals surface area contributed by atoms with Crippen LogP contribution in [0.5, 0.6) is 0 Å². The number of esters is 1. The number of nitrogens with zero attached hydrogens (tertiary/aromatic N) is 2. The molecule has 0 unspecified atom stereocenters. The van der Waals surface area contributed by atoms with E-state index < -0.39 is 64.5 Å². The van der Waals surface area contributed by atoms with Crippen molar-refractivity contribution in [2.75, 3.05) is 13.2 Å². The van der Waals surface area contributed by atoms with E-state index in [0.717, 1.165) is 12.3 Å². The van der Waals surface area contributed by atoms with Crippen LogP contribution in [0.2, 0.25) is 0 Å². The quantitative estimate of drug-likeness (QED) is 0.395. The van der Waals surface area contributed by atoms with Crippen molar-refractivity contribution in [1.82, 2.24) is 9.13 Å². The first kappa shape index (κ1) is 29.9. The molecule has 39 heavy (non-hydrogen) atoms. The standard InChI is InChI=1S/C26H29F3N2O8/c1-15(2)8-6-10-37-18-12-20(39-19(18)14-38-23(34)25(3,4)5)30-13-16(26(27,28)29)21(32)31(24(30)35)22(33)17-9-7-11-36-17/h7,9,11,13,15,18-20H,10,12,14H2,1-5H3/t18-,19+,20+/m0/s1. The Morgan fingerprint density at radius 2 is 1.90 bits per heavy atom. The molecule has 3 atom stereocenters. The van der Waals surface area contributed by atoms with Gasteiger partial charge in [0.2, 0.25) is 0 Å². The zero-order chi connectivity index (χ0) is 29.1. The Bertz CT molecular complexity index is 1370. The average Bonchev–Trinajstić information content (AvgIpc) is 3.49. The molecule has 3 heterocycles. The first-order chi connectivity index (χ1) is 18.1. The normalized spacial score (nSPS) is 19.6. The Balaban J connectivity index is 2.01. The van der Waals surface area contributed by atoms with Gasteiger partial charge < -0.3 is 18.6 Å². The molecule has 2 aromatic heterocycles. The number of hydrogen-bond acceptors (Lipinski definition) is 8. The second kappa shape index (κ2) is 11.6. The lowest BCUT2D eigenvalue weighted by atomic mass is 9.97. The topological polar surface area (TPSA) is 119 Å². The van der Waals surface area contributed by atoms with Gasteiger partial charge in [0.15, 0.2) is 5.76 Å². The third-order valence-electron chi connectivity index (χ3n) is 5.60. The van der Waals surface area contributed by atoms with Crippen molar-refractivity contribution in [3.63, 3.8) is 0 Å². The van der Waals surface area contributed by atoms with Gasteiger partial charge in [-0.05, 0) is 32.9 Å². The molecule has 0 spiro atoms. The van der Waals surface area contributed by atoms with Crippen LogP contribution in [0.15, 0.2) is 38.6 Å². The van der Waals surface area contributed by atoms with E-state index in [1.165, 1.54) is 6.07 Å². The van der Waals surface area contributed by atoms with Crippen molar-refractivity contribution in [2.24, 2.45) is 11.3 Å². The van der Waals surface area contributed by atoms with Crippen LogP contribution in [0.3, 0.4) is 0 Å². The van der Waals surface area contributed by atoms with E-state index in [0.29, 0.717) is 10.8 Å². The number of furan rings is 1. The summed E-state index contributed by atoms with van der Waals surface area (Å²) in [6.45, 7) is 8.30. The minimum absolute atomic E-state index is 0.0537. The lowest BCUT2D eigenvalue weighted by Gasteiger charge is -2.22. The monoisotopic (exact) mass is 554 g/mol. The molecule has 1 aliphatic rings. The number of aromatic nitrogens is 2. The van der Waals surface area contributed by atoms with Crippen LogP contribution in [0.1, 0.15) is 63.4 Å².